The Kier molecular flexibility index (Phi) is 5.77. The van der Waals surface area contributed by atoms with E-state index in [-0.39, 0.29) is 11.5 Å². The Bertz CT molecular complexity index is 175. The van der Waals surface area contributed by atoms with Crippen LogP contribution in [0.3, 0.4) is 0 Å². The summed E-state index contributed by atoms with van der Waals surface area (Å²) in [5.74, 6) is -0.895. The fourth-order valence-corrected chi connectivity index (χ4v) is 1.36. The SMILES string of the molecule is CCCC(CCC(C)(C)OC)C(=O)O. The molecule has 0 aromatic carbocycles. The molecule has 1 unspecified atom stereocenters. The number of hydrogen-bond acceptors (Lipinski definition) is 2. The normalized spacial score (nSPS) is 14.0. The summed E-state index contributed by atoms with van der Waals surface area (Å²) in [6.45, 7) is 5.98. The van der Waals surface area contributed by atoms with Gasteiger partial charge in [0.15, 0.2) is 0 Å². The number of carbonyl (C=O) groups is 1. The van der Waals surface area contributed by atoms with Crippen molar-refractivity contribution in [3.05, 3.63) is 0 Å². The topological polar surface area (TPSA) is 46.5 Å². The van der Waals surface area contributed by atoms with Crippen molar-refractivity contribution in [1.82, 2.24) is 0 Å². The molecule has 0 radical (unpaired) electrons. The lowest BCUT2D eigenvalue weighted by atomic mass is 9.92. The zero-order chi connectivity index (χ0) is 11.2. The van der Waals surface area contributed by atoms with Crippen LogP contribution in [0.15, 0.2) is 0 Å². The van der Waals surface area contributed by atoms with Crippen molar-refractivity contribution in [2.75, 3.05) is 7.11 Å². The van der Waals surface area contributed by atoms with Gasteiger partial charge in [0.05, 0.1) is 11.5 Å². The highest BCUT2D eigenvalue weighted by Gasteiger charge is 2.22. The lowest BCUT2D eigenvalue weighted by molar-refractivity contribution is -0.142. The molecule has 0 spiro atoms. The summed E-state index contributed by atoms with van der Waals surface area (Å²) in [6.07, 6.45) is 3.17. The molecule has 0 fully saturated rings. The Labute approximate surface area is 86.5 Å². The van der Waals surface area contributed by atoms with E-state index in [1.54, 1.807) is 7.11 Å². The first kappa shape index (κ1) is 13.4. The minimum Gasteiger partial charge on any atom is -0.481 e. The van der Waals surface area contributed by atoms with Crippen molar-refractivity contribution in [3.8, 4) is 0 Å². The molecular formula is C11H22O3. The van der Waals surface area contributed by atoms with E-state index in [0.717, 1.165) is 19.3 Å². The second-order valence-electron chi connectivity index (χ2n) is 4.33. The summed E-state index contributed by atoms with van der Waals surface area (Å²) in [5.41, 5.74) is -0.207. The van der Waals surface area contributed by atoms with Gasteiger partial charge in [-0.25, -0.2) is 0 Å². The molecule has 0 rings (SSSR count). The number of rotatable bonds is 7. The molecule has 0 aliphatic heterocycles. The zero-order valence-corrected chi connectivity index (χ0v) is 9.67. The minimum atomic E-state index is -0.682. The average Bonchev–Trinajstić information content (AvgIpc) is 2.12. The van der Waals surface area contributed by atoms with Crippen molar-refractivity contribution in [3.63, 3.8) is 0 Å². The summed E-state index contributed by atoms with van der Waals surface area (Å²) < 4.78 is 5.25. The Morgan fingerprint density at radius 3 is 2.36 bits per heavy atom. The Balaban J connectivity index is 3.99. The highest BCUT2D eigenvalue weighted by atomic mass is 16.5. The summed E-state index contributed by atoms with van der Waals surface area (Å²) >= 11 is 0. The standard InChI is InChI=1S/C11H22O3/c1-5-6-9(10(12)13)7-8-11(2,3)14-4/h9H,5-8H2,1-4H3,(H,12,13). The molecule has 0 aliphatic rings. The van der Waals surface area contributed by atoms with E-state index in [2.05, 4.69) is 0 Å². The zero-order valence-electron chi connectivity index (χ0n) is 9.67. The quantitative estimate of drug-likeness (QED) is 0.690. The van der Waals surface area contributed by atoms with E-state index >= 15 is 0 Å². The average molecular weight is 202 g/mol. The maximum atomic E-state index is 10.9. The van der Waals surface area contributed by atoms with E-state index in [0.29, 0.717) is 6.42 Å². The highest BCUT2D eigenvalue weighted by Crippen LogP contribution is 2.22. The number of carboxylic acids is 1. The van der Waals surface area contributed by atoms with Crippen LogP contribution in [-0.2, 0) is 9.53 Å². The first-order valence-corrected chi connectivity index (χ1v) is 5.21. The van der Waals surface area contributed by atoms with Crippen LogP contribution < -0.4 is 0 Å². The largest absolute Gasteiger partial charge is 0.481 e. The van der Waals surface area contributed by atoms with Crippen LogP contribution in [0.25, 0.3) is 0 Å². The van der Waals surface area contributed by atoms with Crippen molar-refractivity contribution < 1.29 is 14.6 Å². The molecule has 14 heavy (non-hydrogen) atoms. The van der Waals surface area contributed by atoms with E-state index in [1.807, 2.05) is 20.8 Å². The van der Waals surface area contributed by atoms with E-state index in [1.165, 1.54) is 0 Å². The third kappa shape index (κ3) is 5.22. The second kappa shape index (κ2) is 6.02. The molecule has 0 amide bonds. The number of methoxy groups -OCH3 is 1. The molecule has 0 heterocycles. The first-order valence-electron chi connectivity index (χ1n) is 5.21. The molecule has 1 N–H and O–H groups in total. The molecule has 1 atom stereocenters. The molecule has 3 nitrogen and oxygen atoms in total. The highest BCUT2D eigenvalue weighted by molar-refractivity contribution is 5.69. The minimum absolute atomic E-state index is 0.207. The summed E-state index contributed by atoms with van der Waals surface area (Å²) in [4.78, 5) is 10.9. The predicted octanol–water partition coefficient (Wildman–Crippen LogP) is 2.69. The van der Waals surface area contributed by atoms with Crippen LogP contribution in [0, 0.1) is 5.92 Å². The third-order valence-electron chi connectivity index (χ3n) is 2.63. The molecule has 84 valence electrons. The fraction of sp³-hybridized carbons (Fsp3) is 0.909. The second-order valence-corrected chi connectivity index (χ2v) is 4.33. The summed E-state index contributed by atoms with van der Waals surface area (Å²) in [7, 11) is 1.66. The molecule has 0 aromatic heterocycles. The van der Waals surface area contributed by atoms with Crippen molar-refractivity contribution >= 4 is 5.97 Å². The van der Waals surface area contributed by atoms with Crippen LogP contribution in [0.5, 0.6) is 0 Å². The van der Waals surface area contributed by atoms with E-state index < -0.39 is 5.97 Å². The smallest absolute Gasteiger partial charge is 0.306 e. The number of hydrogen-bond donors (Lipinski definition) is 1. The van der Waals surface area contributed by atoms with Crippen LogP contribution in [-0.4, -0.2) is 23.8 Å². The van der Waals surface area contributed by atoms with E-state index in [9.17, 15) is 4.79 Å². The van der Waals surface area contributed by atoms with Crippen LogP contribution in [0.1, 0.15) is 46.5 Å². The summed E-state index contributed by atoms with van der Waals surface area (Å²) in [5, 5.41) is 8.93. The molecule has 0 bridgehead atoms. The molecule has 0 aliphatic carbocycles. The Morgan fingerprint density at radius 2 is 2.00 bits per heavy atom. The molecule has 3 heteroatoms. The molecule has 0 aromatic rings. The van der Waals surface area contributed by atoms with E-state index in [4.69, 9.17) is 9.84 Å². The molecular weight excluding hydrogens is 180 g/mol. The van der Waals surface area contributed by atoms with Crippen molar-refractivity contribution in [2.24, 2.45) is 5.92 Å². The Hall–Kier alpha value is -0.570. The third-order valence-corrected chi connectivity index (χ3v) is 2.63. The van der Waals surface area contributed by atoms with Gasteiger partial charge >= 0.3 is 5.97 Å². The van der Waals surface area contributed by atoms with Gasteiger partial charge in [-0.1, -0.05) is 13.3 Å². The van der Waals surface area contributed by atoms with Gasteiger partial charge in [0.1, 0.15) is 0 Å². The summed E-state index contributed by atoms with van der Waals surface area (Å²) in [6, 6.07) is 0. The fourth-order valence-electron chi connectivity index (χ4n) is 1.36. The van der Waals surface area contributed by atoms with Crippen LogP contribution in [0.2, 0.25) is 0 Å². The van der Waals surface area contributed by atoms with Crippen LogP contribution in [0.4, 0.5) is 0 Å². The first-order chi connectivity index (χ1) is 6.43. The maximum absolute atomic E-state index is 10.9. The number of carboxylic acid groups (broad SMARTS) is 1. The molecule has 0 saturated heterocycles. The van der Waals surface area contributed by atoms with Gasteiger partial charge in [-0.15, -0.1) is 0 Å². The van der Waals surface area contributed by atoms with Gasteiger partial charge in [0.25, 0.3) is 0 Å². The Morgan fingerprint density at radius 1 is 1.43 bits per heavy atom. The van der Waals surface area contributed by atoms with Gasteiger partial charge in [0.2, 0.25) is 0 Å². The van der Waals surface area contributed by atoms with Crippen LogP contribution >= 0.6 is 0 Å². The van der Waals surface area contributed by atoms with Gasteiger partial charge in [-0.05, 0) is 33.1 Å². The number of ether oxygens (including phenoxy) is 1. The van der Waals surface area contributed by atoms with Gasteiger partial charge in [-0.2, -0.15) is 0 Å². The lowest BCUT2D eigenvalue weighted by Gasteiger charge is -2.24. The lowest BCUT2D eigenvalue weighted by Crippen LogP contribution is -2.25. The van der Waals surface area contributed by atoms with Crippen molar-refractivity contribution in [1.29, 1.82) is 0 Å². The maximum Gasteiger partial charge on any atom is 0.306 e. The van der Waals surface area contributed by atoms with Gasteiger partial charge in [-0.3, -0.25) is 4.79 Å². The van der Waals surface area contributed by atoms with Gasteiger partial charge in [0, 0.05) is 7.11 Å². The number of aliphatic carboxylic acids is 1. The monoisotopic (exact) mass is 202 g/mol. The van der Waals surface area contributed by atoms with Crippen molar-refractivity contribution in [2.45, 2.75) is 52.1 Å². The predicted molar refractivity (Wildman–Crippen MR) is 56.4 cm³/mol. The molecule has 0 saturated carbocycles. The van der Waals surface area contributed by atoms with Gasteiger partial charge < -0.3 is 9.84 Å².